The number of hydrogen-bond donors (Lipinski definition) is 1. The van der Waals surface area contributed by atoms with Gasteiger partial charge in [0, 0.05) is 17.2 Å². The number of hydrogen-bond acceptors (Lipinski definition) is 5. The van der Waals surface area contributed by atoms with Crippen LogP contribution < -0.4 is 5.32 Å². The number of carbonyl (C=O) groups is 3. The van der Waals surface area contributed by atoms with Gasteiger partial charge in [0.05, 0.1) is 4.91 Å². The Morgan fingerprint density at radius 1 is 1.14 bits per heavy atom. The maximum absolute atomic E-state index is 11.5. The molecule has 5 nitrogen and oxygen atoms in total. The van der Waals surface area contributed by atoms with Crippen molar-refractivity contribution in [3.05, 3.63) is 52.6 Å². The van der Waals surface area contributed by atoms with E-state index < -0.39 is 5.91 Å². The van der Waals surface area contributed by atoms with Crippen LogP contribution in [0.1, 0.15) is 23.0 Å². The highest BCUT2D eigenvalue weighted by Gasteiger charge is 2.25. The third kappa shape index (κ3) is 2.87. The molecule has 0 spiro atoms. The van der Waals surface area contributed by atoms with Crippen molar-refractivity contribution in [2.75, 3.05) is 0 Å². The Kier molecular flexibility index (Phi) is 3.68. The van der Waals surface area contributed by atoms with Gasteiger partial charge in [-0.25, -0.2) is 0 Å². The molecule has 1 N–H and O–H groups in total. The van der Waals surface area contributed by atoms with Crippen LogP contribution in [0.3, 0.4) is 0 Å². The summed E-state index contributed by atoms with van der Waals surface area (Å²) in [5.41, 5.74) is 1.46. The van der Waals surface area contributed by atoms with Gasteiger partial charge in [-0.15, -0.1) is 0 Å². The number of benzene rings is 1. The Labute approximate surface area is 130 Å². The van der Waals surface area contributed by atoms with Crippen LogP contribution in [0.4, 0.5) is 4.79 Å². The molecular weight excluding hydrogens is 302 g/mol. The third-order valence-electron chi connectivity index (χ3n) is 3.12. The van der Waals surface area contributed by atoms with Gasteiger partial charge in [0.1, 0.15) is 11.5 Å². The summed E-state index contributed by atoms with van der Waals surface area (Å²) in [6.07, 6.45) is 1.53. The van der Waals surface area contributed by atoms with E-state index in [2.05, 4.69) is 5.32 Å². The molecule has 22 heavy (non-hydrogen) atoms. The quantitative estimate of drug-likeness (QED) is 0.693. The number of amides is 2. The molecule has 0 saturated carbocycles. The van der Waals surface area contributed by atoms with E-state index in [-0.39, 0.29) is 11.0 Å². The predicted molar refractivity (Wildman–Crippen MR) is 83.3 cm³/mol. The lowest BCUT2D eigenvalue weighted by atomic mass is 10.1. The van der Waals surface area contributed by atoms with Crippen molar-refractivity contribution in [1.82, 2.24) is 5.32 Å². The number of ketones is 1. The van der Waals surface area contributed by atoms with Gasteiger partial charge in [-0.1, -0.05) is 24.3 Å². The minimum absolute atomic E-state index is 0.00496. The summed E-state index contributed by atoms with van der Waals surface area (Å²) in [6, 6.07) is 10.6. The molecule has 0 bridgehead atoms. The number of thioether (sulfide) groups is 1. The highest BCUT2D eigenvalue weighted by molar-refractivity contribution is 8.18. The molecule has 0 atom stereocenters. The van der Waals surface area contributed by atoms with Gasteiger partial charge in [0.25, 0.3) is 11.1 Å². The first-order valence-electron chi connectivity index (χ1n) is 6.49. The first-order valence-corrected chi connectivity index (χ1v) is 7.30. The van der Waals surface area contributed by atoms with Crippen molar-refractivity contribution in [1.29, 1.82) is 0 Å². The normalized spacial score (nSPS) is 16.1. The molecule has 0 aliphatic carbocycles. The molecule has 1 fully saturated rings. The van der Waals surface area contributed by atoms with Crippen LogP contribution in [0.2, 0.25) is 0 Å². The van der Waals surface area contributed by atoms with E-state index in [0.29, 0.717) is 22.0 Å². The monoisotopic (exact) mass is 313 g/mol. The van der Waals surface area contributed by atoms with E-state index in [4.69, 9.17) is 4.42 Å². The van der Waals surface area contributed by atoms with E-state index >= 15 is 0 Å². The summed E-state index contributed by atoms with van der Waals surface area (Å²) in [6.45, 7) is 1.51. The van der Waals surface area contributed by atoms with Crippen LogP contribution in [-0.2, 0) is 4.79 Å². The highest BCUT2D eigenvalue weighted by atomic mass is 32.2. The van der Waals surface area contributed by atoms with Crippen LogP contribution in [0.25, 0.3) is 17.4 Å². The fourth-order valence-corrected chi connectivity index (χ4v) is 2.67. The van der Waals surface area contributed by atoms with Crippen molar-refractivity contribution in [3.63, 3.8) is 0 Å². The van der Waals surface area contributed by atoms with Gasteiger partial charge in [-0.3, -0.25) is 19.7 Å². The van der Waals surface area contributed by atoms with E-state index in [1.54, 1.807) is 36.4 Å². The van der Waals surface area contributed by atoms with Gasteiger partial charge in [-0.05, 0) is 30.8 Å². The molecule has 2 aromatic rings. The van der Waals surface area contributed by atoms with Crippen molar-refractivity contribution < 1.29 is 18.8 Å². The van der Waals surface area contributed by atoms with E-state index in [1.165, 1.54) is 13.0 Å². The molecule has 110 valence electrons. The van der Waals surface area contributed by atoms with Crippen molar-refractivity contribution in [2.24, 2.45) is 0 Å². The second-order valence-electron chi connectivity index (χ2n) is 4.69. The van der Waals surface area contributed by atoms with Crippen molar-refractivity contribution >= 4 is 34.8 Å². The molecule has 1 aliphatic rings. The second-order valence-corrected chi connectivity index (χ2v) is 5.70. The Balaban J connectivity index is 1.85. The van der Waals surface area contributed by atoms with Gasteiger partial charge >= 0.3 is 0 Å². The van der Waals surface area contributed by atoms with Crippen LogP contribution in [0, 0.1) is 0 Å². The molecule has 1 saturated heterocycles. The maximum Gasteiger partial charge on any atom is 0.290 e. The summed E-state index contributed by atoms with van der Waals surface area (Å²) < 4.78 is 5.65. The number of rotatable bonds is 3. The SMILES string of the molecule is CC(=O)c1ccc(-c2ccc(/C=C3/SC(=O)NC3=O)o2)cc1. The van der Waals surface area contributed by atoms with Crippen LogP contribution >= 0.6 is 11.8 Å². The second kappa shape index (κ2) is 5.65. The van der Waals surface area contributed by atoms with Gasteiger partial charge in [0.2, 0.25) is 0 Å². The third-order valence-corrected chi connectivity index (χ3v) is 3.93. The Bertz CT molecular complexity index is 802. The lowest BCUT2D eigenvalue weighted by Crippen LogP contribution is -2.17. The number of nitrogens with one attached hydrogen (secondary N) is 1. The first kappa shape index (κ1) is 14.3. The summed E-state index contributed by atoms with van der Waals surface area (Å²) in [5, 5.41) is 1.80. The lowest BCUT2D eigenvalue weighted by Gasteiger charge is -1.99. The Morgan fingerprint density at radius 3 is 2.45 bits per heavy atom. The van der Waals surface area contributed by atoms with Crippen molar-refractivity contribution in [3.8, 4) is 11.3 Å². The predicted octanol–water partition coefficient (Wildman–Crippen LogP) is 3.47. The van der Waals surface area contributed by atoms with Gasteiger partial charge in [0.15, 0.2) is 5.78 Å². The smallest absolute Gasteiger partial charge is 0.290 e. The maximum atomic E-state index is 11.5. The first-order chi connectivity index (χ1) is 10.5. The summed E-state index contributed by atoms with van der Waals surface area (Å²) in [4.78, 5) is 34.1. The molecule has 0 unspecified atom stereocenters. The summed E-state index contributed by atoms with van der Waals surface area (Å²) in [7, 11) is 0. The average molecular weight is 313 g/mol. The van der Waals surface area contributed by atoms with Crippen LogP contribution in [0.5, 0.6) is 0 Å². The molecule has 0 radical (unpaired) electrons. The fourth-order valence-electron chi connectivity index (χ4n) is 2.01. The van der Waals surface area contributed by atoms with E-state index in [1.807, 2.05) is 0 Å². The van der Waals surface area contributed by atoms with Gasteiger partial charge in [-0.2, -0.15) is 0 Å². The highest BCUT2D eigenvalue weighted by Crippen LogP contribution is 2.28. The number of furan rings is 1. The minimum atomic E-state index is -0.418. The topological polar surface area (TPSA) is 76.4 Å². The molecular formula is C16H11NO4S. The Morgan fingerprint density at radius 2 is 1.86 bits per heavy atom. The number of carbonyl (C=O) groups excluding carboxylic acids is 3. The average Bonchev–Trinajstić information content (AvgIpc) is 3.06. The van der Waals surface area contributed by atoms with Crippen LogP contribution in [0.15, 0.2) is 45.7 Å². The lowest BCUT2D eigenvalue weighted by molar-refractivity contribution is -0.115. The zero-order chi connectivity index (χ0) is 15.7. The number of Topliss-reactive ketones (excluding diaryl/α,β-unsaturated/α-hetero) is 1. The molecule has 3 rings (SSSR count). The standard InChI is InChI=1S/C16H11NO4S/c1-9(18)10-2-4-11(5-3-10)13-7-6-12(21-13)8-14-15(19)17-16(20)22-14/h2-8H,1H3,(H,17,19,20)/b14-8+. The fraction of sp³-hybridized carbons (Fsp3) is 0.0625. The van der Waals surface area contributed by atoms with Gasteiger partial charge < -0.3 is 4.42 Å². The summed E-state index contributed by atoms with van der Waals surface area (Å²) >= 11 is 0.843. The molecule has 1 aromatic carbocycles. The molecule has 1 aliphatic heterocycles. The van der Waals surface area contributed by atoms with E-state index in [0.717, 1.165) is 17.3 Å². The zero-order valence-corrected chi connectivity index (χ0v) is 12.4. The Hall–Kier alpha value is -2.60. The van der Waals surface area contributed by atoms with E-state index in [9.17, 15) is 14.4 Å². The minimum Gasteiger partial charge on any atom is -0.457 e. The summed E-state index contributed by atoms with van der Waals surface area (Å²) in [5.74, 6) is 0.693. The molecule has 1 aromatic heterocycles. The largest absolute Gasteiger partial charge is 0.457 e. The molecule has 2 heterocycles. The number of imide groups is 1. The molecule has 6 heteroatoms. The van der Waals surface area contributed by atoms with Crippen LogP contribution in [-0.4, -0.2) is 16.9 Å². The van der Waals surface area contributed by atoms with Crippen molar-refractivity contribution in [2.45, 2.75) is 6.92 Å². The molecule has 2 amide bonds. The zero-order valence-electron chi connectivity index (χ0n) is 11.6.